The fourth-order valence-corrected chi connectivity index (χ4v) is 4.84. The Hall–Kier alpha value is -3.66. The van der Waals surface area contributed by atoms with E-state index in [1.165, 1.54) is 34.6 Å². The number of aryl methyl sites for hydroxylation is 1. The molecular weight excluding hydrogens is 422 g/mol. The highest BCUT2D eigenvalue weighted by Crippen LogP contribution is 2.32. The van der Waals surface area contributed by atoms with E-state index in [9.17, 15) is 18.0 Å². The minimum Gasteiger partial charge on any atom is -0.452 e. The Labute approximate surface area is 178 Å². The van der Waals surface area contributed by atoms with Crippen LogP contribution in [0.4, 0.5) is 11.5 Å². The van der Waals surface area contributed by atoms with Crippen LogP contribution in [0.15, 0.2) is 64.0 Å². The van der Waals surface area contributed by atoms with E-state index in [0.717, 1.165) is 5.56 Å². The lowest BCUT2D eigenvalue weighted by molar-refractivity contribution is -0.119. The van der Waals surface area contributed by atoms with Gasteiger partial charge in [-0.05, 0) is 43.2 Å². The molecule has 0 unspecified atom stereocenters. The molecule has 2 heterocycles. The zero-order chi connectivity index (χ0) is 22.0. The fourth-order valence-electron chi connectivity index (χ4n) is 3.29. The first-order valence-corrected chi connectivity index (χ1v) is 10.9. The number of nitrogens with zero attached hydrogens (tertiary/aromatic N) is 2. The van der Waals surface area contributed by atoms with E-state index >= 15 is 0 Å². The van der Waals surface area contributed by atoms with Crippen LogP contribution in [0.2, 0.25) is 0 Å². The molecule has 0 spiro atoms. The number of carbonyl (C=O) groups excluding carboxylic acids is 2. The lowest BCUT2D eigenvalue weighted by Gasteiger charge is -2.19. The Morgan fingerprint density at radius 3 is 2.74 bits per heavy atom. The largest absolute Gasteiger partial charge is 0.452 e. The van der Waals surface area contributed by atoms with Crippen molar-refractivity contribution in [2.75, 3.05) is 22.8 Å². The van der Waals surface area contributed by atoms with Crippen LogP contribution in [0.3, 0.4) is 0 Å². The van der Waals surface area contributed by atoms with Gasteiger partial charge in [-0.1, -0.05) is 29.4 Å². The van der Waals surface area contributed by atoms with Gasteiger partial charge in [0.1, 0.15) is 5.76 Å². The summed E-state index contributed by atoms with van der Waals surface area (Å²) in [6, 6.07) is 14.4. The zero-order valence-corrected chi connectivity index (χ0v) is 17.4. The van der Waals surface area contributed by atoms with Gasteiger partial charge in [0.2, 0.25) is 0 Å². The Bertz CT molecular complexity index is 1250. The van der Waals surface area contributed by atoms with Crippen LogP contribution in [0, 0.1) is 6.92 Å². The number of sulfonamides is 1. The summed E-state index contributed by atoms with van der Waals surface area (Å²) in [6.45, 7) is 1.45. The Morgan fingerprint density at radius 2 is 1.97 bits per heavy atom. The second kappa shape index (κ2) is 8.23. The van der Waals surface area contributed by atoms with Gasteiger partial charge in [-0.25, -0.2) is 13.2 Å². The second-order valence-corrected chi connectivity index (χ2v) is 8.79. The number of esters is 1. The molecule has 1 aliphatic heterocycles. The summed E-state index contributed by atoms with van der Waals surface area (Å²) in [5.74, 6) is -0.687. The molecule has 0 atom stereocenters. The van der Waals surface area contributed by atoms with Crippen LogP contribution in [-0.2, 0) is 26.0 Å². The van der Waals surface area contributed by atoms with E-state index in [1.54, 1.807) is 19.1 Å². The number of hydrogen-bond acceptors (Lipinski definition) is 7. The van der Waals surface area contributed by atoms with Crippen molar-refractivity contribution in [3.8, 4) is 0 Å². The van der Waals surface area contributed by atoms with Crippen molar-refractivity contribution in [2.24, 2.45) is 0 Å². The van der Waals surface area contributed by atoms with Crippen LogP contribution in [0.1, 0.15) is 21.7 Å². The van der Waals surface area contributed by atoms with Crippen LogP contribution in [-0.4, -0.2) is 38.6 Å². The normalized spacial score (nSPS) is 13.0. The van der Waals surface area contributed by atoms with Crippen LogP contribution < -0.4 is 9.62 Å². The number of para-hydroxylation sites is 1. The van der Waals surface area contributed by atoms with Crippen LogP contribution in [0.5, 0.6) is 0 Å². The number of carbonyl (C=O) groups is 2. The van der Waals surface area contributed by atoms with E-state index in [4.69, 9.17) is 9.26 Å². The summed E-state index contributed by atoms with van der Waals surface area (Å²) in [7, 11) is -3.85. The van der Waals surface area contributed by atoms with E-state index < -0.39 is 28.5 Å². The molecule has 0 aliphatic carbocycles. The summed E-state index contributed by atoms with van der Waals surface area (Å²) >= 11 is 0. The Balaban J connectivity index is 1.45. The first kappa shape index (κ1) is 20.6. The molecule has 1 N–H and O–H groups in total. The third-order valence-corrected chi connectivity index (χ3v) is 6.54. The molecule has 3 aromatic rings. The Kier molecular flexibility index (Phi) is 5.47. The van der Waals surface area contributed by atoms with Crippen LogP contribution >= 0.6 is 0 Å². The number of amides is 1. The van der Waals surface area contributed by atoms with Gasteiger partial charge in [-0.3, -0.25) is 9.10 Å². The molecule has 0 fully saturated rings. The van der Waals surface area contributed by atoms with Gasteiger partial charge >= 0.3 is 5.97 Å². The highest BCUT2D eigenvalue weighted by molar-refractivity contribution is 7.92. The topological polar surface area (TPSA) is 119 Å². The average Bonchev–Trinajstić information content (AvgIpc) is 3.38. The van der Waals surface area contributed by atoms with Crippen molar-refractivity contribution in [3.05, 3.63) is 71.5 Å². The maximum atomic E-state index is 13.1. The number of fused-ring (bicyclic) bond motifs is 1. The molecule has 10 heteroatoms. The van der Waals surface area contributed by atoms with E-state index in [-0.39, 0.29) is 16.3 Å². The SMILES string of the molecule is Cc1cc(NC(=O)COC(=O)c2cccc(S(=O)(=O)N3CCc4ccccc43)c2)no1. The number of nitrogens with one attached hydrogen (secondary N) is 1. The van der Waals surface area contributed by atoms with Gasteiger partial charge in [-0.2, -0.15) is 0 Å². The van der Waals surface area contributed by atoms with Crippen molar-refractivity contribution < 1.29 is 27.3 Å². The summed E-state index contributed by atoms with van der Waals surface area (Å²) in [6.07, 6.45) is 0.622. The molecule has 9 nitrogen and oxygen atoms in total. The molecule has 0 radical (unpaired) electrons. The molecule has 160 valence electrons. The number of benzene rings is 2. The smallest absolute Gasteiger partial charge is 0.338 e. The monoisotopic (exact) mass is 441 g/mol. The predicted octanol–water partition coefficient (Wildman–Crippen LogP) is 2.53. The fraction of sp³-hybridized carbons (Fsp3) is 0.190. The standard InChI is InChI=1S/C21H19N3O6S/c1-14-11-19(23-30-14)22-20(25)13-29-21(26)16-6-4-7-17(12-16)31(27,28)24-10-9-15-5-2-3-8-18(15)24/h2-8,11-12H,9-10,13H2,1H3,(H,22,23,25). The van der Waals surface area contributed by atoms with E-state index in [1.807, 2.05) is 12.1 Å². The van der Waals surface area contributed by atoms with Crippen molar-refractivity contribution >= 4 is 33.4 Å². The average molecular weight is 441 g/mol. The minimum atomic E-state index is -3.85. The molecule has 2 aromatic carbocycles. The maximum Gasteiger partial charge on any atom is 0.338 e. The summed E-state index contributed by atoms with van der Waals surface area (Å²) in [4.78, 5) is 24.2. The molecule has 1 aliphatic rings. The first-order valence-electron chi connectivity index (χ1n) is 9.45. The highest BCUT2D eigenvalue weighted by Gasteiger charge is 2.31. The summed E-state index contributed by atoms with van der Waals surface area (Å²) < 4.78 is 37.4. The molecule has 0 bridgehead atoms. The molecule has 0 saturated heterocycles. The second-order valence-electron chi connectivity index (χ2n) is 6.93. The number of ether oxygens (including phenoxy) is 1. The minimum absolute atomic E-state index is 0.0265. The predicted molar refractivity (Wildman–Crippen MR) is 111 cm³/mol. The van der Waals surface area contributed by atoms with Gasteiger partial charge in [0.05, 0.1) is 16.1 Å². The first-order chi connectivity index (χ1) is 14.8. The van der Waals surface area contributed by atoms with Crippen molar-refractivity contribution in [3.63, 3.8) is 0 Å². The molecular formula is C21H19N3O6S. The molecule has 1 aromatic heterocycles. The van der Waals surface area contributed by atoms with Gasteiger partial charge in [0, 0.05) is 12.6 Å². The third-order valence-electron chi connectivity index (χ3n) is 4.73. The van der Waals surface area contributed by atoms with Gasteiger partial charge < -0.3 is 14.6 Å². The highest BCUT2D eigenvalue weighted by atomic mass is 32.2. The number of rotatable bonds is 6. The van der Waals surface area contributed by atoms with E-state index in [0.29, 0.717) is 24.4 Å². The van der Waals surface area contributed by atoms with Gasteiger partial charge in [-0.15, -0.1) is 0 Å². The lowest BCUT2D eigenvalue weighted by atomic mass is 10.2. The van der Waals surface area contributed by atoms with Gasteiger partial charge in [0.25, 0.3) is 15.9 Å². The Morgan fingerprint density at radius 1 is 1.16 bits per heavy atom. The van der Waals surface area contributed by atoms with Gasteiger partial charge in [0.15, 0.2) is 12.4 Å². The van der Waals surface area contributed by atoms with Crippen molar-refractivity contribution in [1.82, 2.24) is 5.16 Å². The molecule has 0 saturated carbocycles. The summed E-state index contributed by atoms with van der Waals surface area (Å²) in [5, 5.41) is 6.04. The third kappa shape index (κ3) is 4.29. The van der Waals surface area contributed by atoms with Crippen molar-refractivity contribution in [1.29, 1.82) is 0 Å². The molecule has 31 heavy (non-hydrogen) atoms. The van der Waals surface area contributed by atoms with Crippen molar-refractivity contribution in [2.45, 2.75) is 18.2 Å². The molecule has 4 rings (SSSR count). The van der Waals surface area contributed by atoms with E-state index in [2.05, 4.69) is 10.5 Å². The maximum absolute atomic E-state index is 13.1. The zero-order valence-electron chi connectivity index (χ0n) is 16.6. The number of anilines is 2. The number of aromatic nitrogens is 1. The lowest BCUT2D eigenvalue weighted by Crippen LogP contribution is -2.29. The quantitative estimate of drug-likeness (QED) is 0.584. The van der Waals surface area contributed by atoms with Crippen LogP contribution in [0.25, 0.3) is 0 Å². The molecule has 1 amide bonds. The summed E-state index contributed by atoms with van der Waals surface area (Å²) in [5.41, 5.74) is 1.61. The number of hydrogen-bond donors (Lipinski definition) is 1.